The molecule has 1 saturated carbocycles. The standard InChI is InChI=1S/C18H24N4OS/c1-4-13-6-10-15(11-7-13)19-17(23)12(3)24-18-21-20-16(14-8-9-14)22(18)5-2/h6-7,10-12,14H,4-5,8-9H2,1-3H3,(H,19,23)/t12-/m1/s1. The first-order chi connectivity index (χ1) is 11.6. The van der Waals surface area contributed by atoms with E-state index in [-0.39, 0.29) is 11.2 Å². The molecule has 128 valence electrons. The van der Waals surface area contributed by atoms with Crippen LogP contribution in [0.5, 0.6) is 0 Å². The van der Waals surface area contributed by atoms with E-state index >= 15 is 0 Å². The van der Waals surface area contributed by atoms with E-state index in [2.05, 4.69) is 33.9 Å². The molecular formula is C18H24N4OS. The van der Waals surface area contributed by atoms with Crippen LogP contribution in [0, 0.1) is 0 Å². The summed E-state index contributed by atoms with van der Waals surface area (Å²) in [5.74, 6) is 1.62. The van der Waals surface area contributed by atoms with Gasteiger partial charge in [-0.05, 0) is 50.8 Å². The molecule has 0 unspecified atom stereocenters. The normalized spacial score (nSPS) is 15.3. The molecule has 1 aromatic heterocycles. The third kappa shape index (κ3) is 3.80. The molecule has 0 aliphatic heterocycles. The molecule has 1 aliphatic rings. The summed E-state index contributed by atoms with van der Waals surface area (Å²) in [5, 5.41) is 12.2. The van der Waals surface area contributed by atoms with E-state index in [1.807, 2.05) is 31.2 Å². The van der Waals surface area contributed by atoms with Crippen LogP contribution in [-0.4, -0.2) is 25.9 Å². The SMILES string of the molecule is CCc1ccc(NC(=O)[C@@H](C)Sc2nnc(C3CC3)n2CC)cc1. The molecule has 2 aromatic rings. The lowest BCUT2D eigenvalue weighted by Gasteiger charge is -2.13. The van der Waals surface area contributed by atoms with Gasteiger partial charge < -0.3 is 9.88 Å². The number of thioether (sulfide) groups is 1. The summed E-state index contributed by atoms with van der Waals surface area (Å²) < 4.78 is 2.14. The fraction of sp³-hybridized carbons (Fsp3) is 0.500. The van der Waals surface area contributed by atoms with Crippen LogP contribution in [0.25, 0.3) is 0 Å². The van der Waals surface area contributed by atoms with Crippen molar-refractivity contribution in [2.75, 3.05) is 5.32 Å². The largest absolute Gasteiger partial charge is 0.325 e. The maximum atomic E-state index is 12.4. The molecule has 0 bridgehead atoms. The second kappa shape index (κ2) is 7.38. The monoisotopic (exact) mass is 344 g/mol. The number of hydrogen-bond acceptors (Lipinski definition) is 4. The molecule has 6 heteroatoms. The Morgan fingerprint density at radius 2 is 2.00 bits per heavy atom. The van der Waals surface area contributed by atoms with Crippen LogP contribution in [0.4, 0.5) is 5.69 Å². The number of benzene rings is 1. The van der Waals surface area contributed by atoms with Gasteiger partial charge in [0.05, 0.1) is 5.25 Å². The van der Waals surface area contributed by atoms with Crippen molar-refractivity contribution < 1.29 is 4.79 Å². The lowest BCUT2D eigenvalue weighted by Crippen LogP contribution is -2.23. The second-order valence-corrected chi connectivity index (χ2v) is 7.47. The van der Waals surface area contributed by atoms with Gasteiger partial charge in [-0.25, -0.2) is 0 Å². The maximum Gasteiger partial charge on any atom is 0.237 e. The Hall–Kier alpha value is -1.82. The summed E-state index contributed by atoms with van der Waals surface area (Å²) in [5.41, 5.74) is 2.10. The van der Waals surface area contributed by atoms with Crippen molar-refractivity contribution in [3.63, 3.8) is 0 Å². The van der Waals surface area contributed by atoms with Crippen LogP contribution in [0.1, 0.15) is 50.9 Å². The number of anilines is 1. The van der Waals surface area contributed by atoms with Gasteiger partial charge in [0.15, 0.2) is 5.16 Å². The van der Waals surface area contributed by atoms with E-state index in [9.17, 15) is 4.79 Å². The van der Waals surface area contributed by atoms with Gasteiger partial charge in [0.2, 0.25) is 5.91 Å². The van der Waals surface area contributed by atoms with Crippen LogP contribution in [0.15, 0.2) is 29.4 Å². The number of hydrogen-bond donors (Lipinski definition) is 1. The van der Waals surface area contributed by atoms with Crippen molar-refractivity contribution in [2.24, 2.45) is 0 Å². The maximum absolute atomic E-state index is 12.4. The fourth-order valence-electron chi connectivity index (χ4n) is 2.61. The minimum atomic E-state index is -0.225. The zero-order chi connectivity index (χ0) is 17.1. The molecule has 1 aliphatic carbocycles. The molecule has 1 atom stereocenters. The number of carbonyl (C=O) groups excluding carboxylic acids is 1. The van der Waals surface area contributed by atoms with Crippen LogP contribution in [-0.2, 0) is 17.8 Å². The number of amides is 1. The van der Waals surface area contributed by atoms with Gasteiger partial charge in [-0.15, -0.1) is 10.2 Å². The Morgan fingerprint density at radius 1 is 1.29 bits per heavy atom. The highest BCUT2D eigenvalue weighted by molar-refractivity contribution is 8.00. The number of nitrogens with zero attached hydrogens (tertiary/aromatic N) is 3. The van der Waals surface area contributed by atoms with E-state index in [0.29, 0.717) is 5.92 Å². The highest BCUT2D eigenvalue weighted by Crippen LogP contribution is 2.40. The Labute approximate surface area is 147 Å². The summed E-state index contributed by atoms with van der Waals surface area (Å²) in [6, 6.07) is 7.99. The molecule has 0 saturated heterocycles. The first-order valence-corrected chi connectivity index (χ1v) is 9.49. The van der Waals surface area contributed by atoms with Gasteiger partial charge >= 0.3 is 0 Å². The van der Waals surface area contributed by atoms with Crippen molar-refractivity contribution in [1.82, 2.24) is 14.8 Å². The molecule has 1 N–H and O–H groups in total. The highest BCUT2D eigenvalue weighted by atomic mass is 32.2. The van der Waals surface area contributed by atoms with Gasteiger partial charge in [-0.3, -0.25) is 4.79 Å². The van der Waals surface area contributed by atoms with Crippen molar-refractivity contribution in [2.45, 2.75) is 62.9 Å². The summed E-state index contributed by atoms with van der Waals surface area (Å²) in [6.45, 7) is 6.96. The third-order valence-electron chi connectivity index (χ3n) is 4.29. The Kier molecular flexibility index (Phi) is 5.23. The zero-order valence-electron chi connectivity index (χ0n) is 14.5. The first kappa shape index (κ1) is 17.0. The number of aromatic nitrogens is 3. The number of carbonyl (C=O) groups is 1. The number of rotatable bonds is 7. The summed E-state index contributed by atoms with van der Waals surface area (Å²) in [6.07, 6.45) is 3.40. The quantitative estimate of drug-likeness (QED) is 0.775. The number of nitrogens with one attached hydrogen (secondary N) is 1. The molecule has 24 heavy (non-hydrogen) atoms. The predicted octanol–water partition coefficient (Wildman–Crippen LogP) is 3.86. The van der Waals surface area contributed by atoms with Crippen molar-refractivity contribution in [3.05, 3.63) is 35.7 Å². The first-order valence-electron chi connectivity index (χ1n) is 8.61. The molecule has 1 fully saturated rings. The van der Waals surface area contributed by atoms with E-state index in [1.54, 1.807) is 0 Å². The van der Waals surface area contributed by atoms with Crippen LogP contribution < -0.4 is 5.32 Å². The van der Waals surface area contributed by atoms with Gasteiger partial charge in [0, 0.05) is 18.2 Å². The molecule has 1 amide bonds. The lowest BCUT2D eigenvalue weighted by molar-refractivity contribution is -0.115. The van der Waals surface area contributed by atoms with Crippen molar-refractivity contribution >= 4 is 23.4 Å². The van der Waals surface area contributed by atoms with E-state index in [1.165, 1.54) is 30.2 Å². The van der Waals surface area contributed by atoms with Crippen LogP contribution in [0.3, 0.4) is 0 Å². The highest BCUT2D eigenvalue weighted by Gasteiger charge is 2.30. The van der Waals surface area contributed by atoms with Gasteiger partial charge in [-0.1, -0.05) is 30.8 Å². The molecule has 0 radical (unpaired) electrons. The van der Waals surface area contributed by atoms with E-state index in [0.717, 1.165) is 29.6 Å². The molecule has 1 heterocycles. The average molecular weight is 344 g/mol. The molecule has 3 rings (SSSR count). The van der Waals surface area contributed by atoms with Crippen molar-refractivity contribution in [3.8, 4) is 0 Å². The Bertz CT molecular complexity index is 706. The third-order valence-corrected chi connectivity index (χ3v) is 5.37. The molecule has 0 spiro atoms. The molecular weight excluding hydrogens is 320 g/mol. The minimum Gasteiger partial charge on any atom is -0.325 e. The predicted molar refractivity (Wildman–Crippen MR) is 97.4 cm³/mol. The van der Waals surface area contributed by atoms with Gasteiger partial charge in [0.25, 0.3) is 0 Å². The van der Waals surface area contributed by atoms with E-state index < -0.39 is 0 Å². The van der Waals surface area contributed by atoms with Gasteiger partial charge in [0.1, 0.15) is 5.82 Å². The van der Waals surface area contributed by atoms with Crippen LogP contribution >= 0.6 is 11.8 Å². The fourth-order valence-corrected chi connectivity index (χ4v) is 3.53. The van der Waals surface area contributed by atoms with Crippen LogP contribution in [0.2, 0.25) is 0 Å². The zero-order valence-corrected chi connectivity index (χ0v) is 15.3. The van der Waals surface area contributed by atoms with Gasteiger partial charge in [-0.2, -0.15) is 0 Å². The van der Waals surface area contributed by atoms with E-state index in [4.69, 9.17) is 0 Å². The summed E-state index contributed by atoms with van der Waals surface area (Å²) in [7, 11) is 0. The molecule has 1 aromatic carbocycles. The lowest BCUT2D eigenvalue weighted by atomic mass is 10.1. The smallest absolute Gasteiger partial charge is 0.237 e. The summed E-state index contributed by atoms with van der Waals surface area (Å²) >= 11 is 1.47. The van der Waals surface area contributed by atoms with Crippen molar-refractivity contribution in [1.29, 1.82) is 0 Å². The Balaban J connectivity index is 1.63. The number of aryl methyl sites for hydroxylation is 1. The topological polar surface area (TPSA) is 59.8 Å². The second-order valence-electron chi connectivity index (χ2n) is 6.16. The average Bonchev–Trinajstić information content (AvgIpc) is 3.36. The molecule has 5 nitrogen and oxygen atoms in total. The summed E-state index contributed by atoms with van der Waals surface area (Å²) in [4.78, 5) is 12.4. The Morgan fingerprint density at radius 3 is 2.58 bits per heavy atom. The minimum absolute atomic E-state index is 0.0112.